The van der Waals surface area contributed by atoms with E-state index in [1.807, 2.05) is 10.9 Å². The zero-order valence-corrected chi connectivity index (χ0v) is 8.12. The summed E-state index contributed by atoms with van der Waals surface area (Å²) in [5.41, 5.74) is 0. The van der Waals surface area contributed by atoms with E-state index in [-0.39, 0.29) is 0 Å². The average molecular weight is 196 g/mol. The first-order valence-corrected chi connectivity index (χ1v) is 4.94. The predicted molar refractivity (Wildman–Crippen MR) is 48.1 cm³/mol. The zero-order valence-electron chi connectivity index (χ0n) is 7.30. The second-order valence-corrected chi connectivity index (χ2v) is 3.45. The summed E-state index contributed by atoms with van der Waals surface area (Å²) in [5.74, 6) is 0.646. The van der Waals surface area contributed by atoms with Crippen molar-refractivity contribution in [3.63, 3.8) is 0 Å². The molecule has 2 aromatic heterocycles. The fraction of sp³-hybridized carbons (Fsp3) is 0.375. The number of oxazole rings is 1. The van der Waals surface area contributed by atoms with Gasteiger partial charge in [-0.25, -0.2) is 4.98 Å². The lowest BCUT2D eigenvalue weighted by Gasteiger charge is -1.81. The molecule has 0 fully saturated rings. The van der Waals surface area contributed by atoms with E-state index in [1.165, 1.54) is 11.5 Å². The summed E-state index contributed by atoms with van der Waals surface area (Å²) in [4.78, 5) is 5.02. The number of aryl methyl sites for hydroxylation is 1. The Morgan fingerprint density at radius 1 is 1.62 bits per heavy atom. The second kappa shape index (κ2) is 3.66. The zero-order chi connectivity index (χ0) is 9.10. The van der Waals surface area contributed by atoms with Gasteiger partial charge in [-0.2, -0.15) is 0 Å². The normalized spacial score (nSPS) is 10.5. The standard InChI is InChI=1S/C8H10N3OS/c1-2-4-11-6-7(13-10-11)8-9-3-5-12-8/h3,5-6H,2,4H2,1H3/q+1. The number of rotatable bonds is 3. The number of hydrogen-bond acceptors (Lipinski definition) is 4. The first-order valence-electron chi connectivity index (χ1n) is 4.16. The molecule has 0 N–H and O–H groups in total. The Balaban J connectivity index is 2.23. The molecule has 4 nitrogen and oxygen atoms in total. The van der Waals surface area contributed by atoms with Gasteiger partial charge < -0.3 is 4.42 Å². The molecular weight excluding hydrogens is 186 g/mol. The van der Waals surface area contributed by atoms with Crippen molar-refractivity contribution in [2.45, 2.75) is 19.9 Å². The topological polar surface area (TPSA) is 42.8 Å². The SMILES string of the molecule is CCC[n+]1cc(-c2ncco2)sn1. The van der Waals surface area contributed by atoms with Crippen molar-refractivity contribution >= 4 is 11.5 Å². The maximum absolute atomic E-state index is 5.16. The van der Waals surface area contributed by atoms with Crippen molar-refractivity contribution < 1.29 is 9.10 Å². The highest BCUT2D eigenvalue weighted by molar-refractivity contribution is 7.08. The van der Waals surface area contributed by atoms with Crippen LogP contribution in [-0.4, -0.2) is 9.47 Å². The van der Waals surface area contributed by atoms with Crippen LogP contribution in [0.25, 0.3) is 10.8 Å². The van der Waals surface area contributed by atoms with E-state index < -0.39 is 0 Å². The summed E-state index contributed by atoms with van der Waals surface area (Å²) in [6.45, 7) is 3.06. The van der Waals surface area contributed by atoms with E-state index in [0.29, 0.717) is 5.89 Å². The molecule has 0 aliphatic rings. The van der Waals surface area contributed by atoms with Gasteiger partial charge in [0.25, 0.3) is 0 Å². The molecule has 0 bridgehead atoms. The van der Waals surface area contributed by atoms with Crippen LogP contribution in [0.15, 0.2) is 23.1 Å². The molecule has 0 radical (unpaired) electrons. The fourth-order valence-corrected chi connectivity index (χ4v) is 1.72. The summed E-state index contributed by atoms with van der Waals surface area (Å²) < 4.78 is 11.3. The highest BCUT2D eigenvalue weighted by Crippen LogP contribution is 2.17. The number of hydrogen-bond donors (Lipinski definition) is 0. The average Bonchev–Trinajstić information content (AvgIpc) is 2.70. The molecule has 0 aliphatic heterocycles. The molecule has 0 saturated heterocycles. The van der Waals surface area contributed by atoms with Crippen molar-refractivity contribution in [3.05, 3.63) is 18.7 Å². The minimum absolute atomic E-state index is 0.646. The Labute approximate surface area is 80.0 Å². The molecule has 2 aromatic rings. The number of aromatic nitrogens is 3. The molecule has 5 heteroatoms. The molecule has 0 saturated carbocycles. The summed E-state index contributed by atoms with van der Waals surface area (Å²) in [7, 11) is 0. The highest BCUT2D eigenvalue weighted by Gasteiger charge is 2.13. The van der Waals surface area contributed by atoms with E-state index in [9.17, 15) is 0 Å². The van der Waals surface area contributed by atoms with E-state index in [4.69, 9.17) is 4.42 Å². The molecule has 0 unspecified atom stereocenters. The van der Waals surface area contributed by atoms with Crippen LogP contribution in [0.5, 0.6) is 0 Å². The summed E-state index contributed by atoms with van der Waals surface area (Å²) in [6.07, 6.45) is 6.25. The largest absolute Gasteiger partial charge is 0.444 e. The van der Waals surface area contributed by atoms with Crippen molar-refractivity contribution in [3.8, 4) is 10.8 Å². The minimum atomic E-state index is 0.646. The van der Waals surface area contributed by atoms with Gasteiger partial charge in [0.05, 0.1) is 10.7 Å². The molecule has 0 amide bonds. The van der Waals surface area contributed by atoms with Crippen LogP contribution < -0.4 is 4.68 Å². The summed E-state index contributed by atoms with van der Waals surface area (Å²) in [6, 6.07) is 0. The van der Waals surface area contributed by atoms with E-state index in [1.54, 1.807) is 12.5 Å². The van der Waals surface area contributed by atoms with Gasteiger partial charge in [0.1, 0.15) is 6.26 Å². The molecule has 0 aromatic carbocycles. The third kappa shape index (κ3) is 1.75. The van der Waals surface area contributed by atoms with Crippen LogP contribution in [0.3, 0.4) is 0 Å². The molecule has 0 atom stereocenters. The lowest BCUT2D eigenvalue weighted by molar-refractivity contribution is -0.746. The molecule has 2 rings (SSSR count). The Bertz CT molecular complexity index is 368. The van der Waals surface area contributed by atoms with Gasteiger partial charge in [-0.15, -0.1) is 0 Å². The second-order valence-electron chi connectivity index (χ2n) is 2.67. The first kappa shape index (κ1) is 8.37. The van der Waals surface area contributed by atoms with Gasteiger partial charge >= 0.3 is 0 Å². The van der Waals surface area contributed by atoms with Gasteiger partial charge in [0.15, 0.2) is 11.4 Å². The quantitative estimate of drug-likeness (QED) is 0.698. The van der Waals surface area contributed by atoms with Crippen LogP contribution in [0.4, 0.5) is 0 Å². The van der Waals surface area contributed by atoms with Gasteiger partial charge in [-0.1, -0.05) is 11.6 Å². The smallest absolute Gasteiger partial charge is 0.244 e. The van der Waals surface area contributed by atoms with Gasteiger partial charge in [0.2, 0.25) is 12.1 Å². The molecule has 0 spiro atoms. The Hall–Kier alpha value is -1.23. The van der Waals surface area contributed by atoms with Crippen LogP contribution in [-0.2, 0) is 6.54 Å². The van der Waals surface area contributed by atoms with Crippen LogP contribution in [0.1, 0.15) is 13.3 Å². The third-order valence-electron chi connectivity index (χ3n) is 1.61. The summed E-state index contributed by atoms with van der Waals surface area (Å²) in [5, 5.41) is 0. The van der Waals surface area contributed by atoms with Crippen LogP contribution >= 0.6 is 11.5 Å². The third-order valence-corrected chi connectivity index (χ3v) is 2.37. The van der Waals surface area contributed by atoms with Crippen LogP contribution in [0, 0.1) is 0 Å². The van der Waals surface area contributed by atoms with E-state index >= 15 is 0 Å². The monoisotopic (exact) mass is 196 g/mol. The predicted octanol–water partition coefficient (Wildman–Crippen LogP) is 1.50. The Morgan fingerprint density at radius 3 is 3.23 bits per heavy atom. The highest BCUT2D eigenvalue weighted by atomic mass is 32.1. The Morgan fingerprint density at radius 2 is 2.54 bits per heavy atom. The molecule has 2 heterocycles. The lowest BCUT2D eigenvalue weighted by Crippen LogP contribution is -2.33. The van der Waals surface area contributed by atoms with Gasteiger partial charge in [-0.3, -0.25) is 0 Å². The van der Waals surface area contributed by atoms with Crippen molar-refractivity contribution in [2.24, 2.45) is 0 Å². The summed E-state index contributed by atoms with van der Waals surface area (Å²) >= 11 is 1.40. The molecule has 13 heavy (non-hydrogen) atoms. The van der Waals surface area contributed by atoms with Gasteiger partial charge in [0, 0.05) is 18.0 Å². The van der Waals surface area contributed by atoms with Crippen molar-refractivity contribution in [1.29, 1.82) is 0 Å². The van der Waals surface area contributed by atoms with E-state index in [0.717, 1.165) is 17.8 Å². The first-order chi connectivity index (χ1) is 6.40. The molecular formula is C8H10N3OS+. The van der Waals surface area contributed by atoms with Crippen LogP contribution in [0.2, 0.25) is 0 Å². The maximum atomic E-state index is 5.16. The van der Waals surface area contributed by atoms with Gasteiger partial charge in [-0.05, 0) is 0 Å². The van der Waals surface area contributed by atoms with Crippen molar-refractivity contribution in [1.82, 2.24) is 9.47 Å². The molecule has 68 valence electrons. The maximum Gasteiger partial charge on any atom is 0.244 e. The lowest BCUT2D eigenvalue weighted by atomic mass is 10.5. The fourth-order valence-electron chi connectivity index (χ4n) is 1.05. The molecule has 0 aliphatic carbocycles. The van der Waals surface area contributed by atoms with Crippen molar-refractivity contribution in [2.75, 3.05) is 0 Å². The minimum Gasteiger partial charge on any atom is -0.444 e. The van der Waals surface area contributed by atoms with E-state index in [2.05, 4.69) is 16.4 Å². The number of nitrogens with zero attached hydrogens (tertiary/aromatic N) is 3. The Kier molecular flexibility index (Phi) is 2.35.